The number of fused-ring (bicyclic) bond motifs is 1. The zero-order valence-corrected chi connectivity index (χ0v) is 15.2. The summed E-state index contributed by atoms with van der Waals surface area (Å²) in [6, 6.07) is 9.89. The molecule has 4 aromatic rings. The summed E-state index contributed by atoms with van der Waals surface area (Å²) in [7, 11) is 0. The van der Waals surface area contributed by atoms with Crippen LogP contribution in [-0.2, 0) is 0 Å². The third kappa shape index (κ3) is 2.95. The molecule has 0 radical (unpaired) electrons. The Bertz CT molecular complexity index is 1240. The summed E-state index contributed by atoms with van der Waals surface area (Å²) >= 11 is 0. The standard InChI is InChI=1S/C20H15N7O/c1-12-4-3-5-15-13(2)8-17(25-18(12)15)27-19(14(9-21)10-24-27)26-20(28)16-11-22-6-7-23-16/h3-8,10-11H,1-2H3,(H,26,28). The number of hydrogen-bond donors (Lipinski definition) is 1. The molecule has 0 aliphatic heterocycles. The predicted octanol–water partition coefficient (Wildman–Crippen LogP) is 2.95. The molecule has 8 nitrogen and oxygen atoms in total. The van der Waals surface area contributed by atoms with Crippen LogP contribution in [0.25, 0.3) is 16.7 Å². The molecule has 0 fully saturated rings. The van der Waals surface area contributed by atoms with Gasteiger partial charge in [0.05, 0.1) is 17.9 Å². The molecule has 0 bridgehead atoms. The number of nitrogens with one attached hydrogen (secondary N) is 1. The monoisotopic (exact) mass is 369 g/mol. The number of hydrogen-bond acceptors (Lipinski definition) is 6. The van der Waals surface area contributed by atoms with Crippen LogP contribution in [0.5, 0.6) is 0 Å². The lowest BCUT2D eigenvalue weighted by Crippen LogP contribution is -2.18. The number of anilines is 1. The molecule has 3 heterocycles. The Hall–Kier alpha value is -4.12. The maximum absolute atomic E-state index is 12.5. The Morgan fingerprint density at radius 1 is 1.18 bits per heavy atom. The van der Waals surface area contributed by atoms with Crippen molar-refractivity contribution in [1.29, 1.82) is 5.26 Å². The van der Waals surface area contributed by atoms with Crippen molar-refractivity contribution >= 4 is 22.6 Å². The second-order valence-corrected chi connectivity index (χ2v) is 6.24. The largest absolute Gasteiger partial charge is 0.304 e. The summed E-state index contributed by atoms with van der Waals surface area (Å²) < 4.78 is 1.45. The molecule has 0 saturated carbocycles. The molecule has 1 N–H and O–H groups in total. The van der Waals surface area contributed by atoms with Gasteiger partial charge >= 0.3 is 0 Å². The van der Waals surface area contributed by atoms with Gasteiger partial charge < -0.3 is 5.32 Å². The van der Waals surface area contributed by atoms with E-state index in [0.717, 1.165) is 22.0 Å². The molecule has 0 aliphatic carbocycles. The number of carbonyl (C=O) groups excluding carboxylic acids is 1. The molecule has 0 aliphatic rings. The Kier molecular flexibility index (Phi) is 4.26. The number of benzene rings is 1. The van der Waals surface area contributed by atoms with E-state index in [-0.39, 0.29) is 17.1 Å². The molecular formula is C20H15N7O. The Morgan fingerprint density at radius 3 is 2.79 bits per heavy atom. The van der Waals surface area contributed by atoms with Crippen molar-refractivity contribution in [3.8, 4) is 11.9 Å². The van der Waals surface area contributed by atoms with Crippen molar-refractivity contribution in [3.05, 3.63) is 71.4 Å². The first-order chi connectivity index (χ1) is 13.6. The summed E-state index contributed by atoms with van der Waals surface area (Å²) in [6.07, 6.45) is 5.65. The molecule has 1 amide bonds. The second kappa shape index (κ2) is 6.89. The number of amides is 1. The fraction of sp³-hybridized carbons (Fsp3) is 0.100. The highest BCUT2D eigenvalue weighted by atomic mass is 16.2. The van der Waals surface area contributed by atoms with Gasteiger partial charge in [-0.3, -0.25) is 9.78 Å². The number of aryl methyl sites for hydroxylation is 2. The van der Waals surface area contributed by atoms with Crippen LogP contribution in [-0.4, -0.2) is 30.6 Å². The maximum Gasteiger partial charge on any atom is 0.277 e. The predicted molar refractivity (Wildman–Crippen MR) is 103 cm³/mol. The minimum atomic E-state index is -0.486. The van der Waals surface area contributed by atoms with Crippen LogP contribution in [0.15, 0.2) is 49.1 Å². The quantitative estimate of drug-likeness (QED) is 0.594. The van der Waals surface area contributed by atoms with Gasteiger partial charge in [-0.25, -0.2) is 9.97 Å². The molecule has 28 heavy (non-hydrogen) atoms. The van der Waals surface area contributed by atoms with E-state index in [9.17, 15) is 10.1 Å². The second-order valence-electron chi connectivity index (χ2n) is 6.24. The van der Waals surface area contributed by atoms with Crippen LogP contribution in [0, 0.1) is 25.2 Å². The van der Waals surface area contributed by atoms with Crippen molar-refractivity contribution < 1.29 is 4.79 Å². The minimum Gasteiger partial charge on any atom is -0.304 e. The molecule has 0 saturated heterocycles. The van der Waals surface area contributed by atoms with Crippen molar-refractivity contribution in [3.63, 3.8) is 0 Å². The molecular weight excluding hydrogens is 354 g/mol. The molecule has 3 aromatic heterocycles. The van der Waals surface area contributed by atoms with Gasteiger partial charge in [0, 0.05) is 17.8 Å². The molecule has 0 unspecified atom stereocenters. The first kappa shape index (κ1) is 17.3. The fourth-order valence-corrected chi connectivity index (χ4v) is 2.96. The van der Waals surface area contributed by atoms with E-state index in [4.69, 9.17) is 4.98 Å². The Morgan fingerprint density at radius 2 is 2.04 bits per heavy atom. The van der Waals surface area contributed by atoms with E-state index in [1.807, 2.05) is 44.2 Å². The molecule has 0 spiro atoms. The zero-order chi connectivity index (χ0) is 19.7. The summed E-state index contributed by atoms with van der Waals surface area (Å²) in [5.41, 5.74) is 3.25. The number of nitriles is 1. The summed E-state index contributed by atoms with van der Waals surface area (Å²) in [5.74, 6) is 0.258. The molecule has 0 atom stereocenters. The lowest BCUT2D eigenvalue weighted by molar-refractivity contribution is 0.102. The number of rotatable bonds is 3. The average Bonchev–Trinajstić information content (AvgIpc) is 3.12. The van der Waals surface area contributed by atoms with Crippen molar-refractivity contribution in [2.75, 3.05) is 5.32 Å². The molecule has 1 aromatic carbocycles. The zero-order valence-electron chi connectivity index (χ0n) is 15.2. The van der Waals surface area contributed by atoms with Gasteiger partial charge in [-0.05, 0) is 31.0 Å². The van der Waals surface area contributed by atoms with Crippen LogP contribution in [0.3, 0.4) is 0 Å². The van der Waals surface area contributed by atoms with E-state index in [1.165, 1.54) is 29.5 Å². The molecule has 4 rings (SSSR count). The highest BCUT2D eigenvalue weighted by molar-refractivity contribution is 6.03. The summed E-state index contributed by atoms with van der Waals surface area (Å²) in [5, 5.41) is 17.4. The SMILES string of the molecule is Cc1cc(-n2ncc(C#N)c2NC(=O)c2cnccn2)nc2c(C)cccc12. The van der Waals surface area contributed by atoms with Crippen LogP contribution >= 0.6 is 0 Å². The van der Waals surface area contributed by atoms with Crippen molar-refractivity contribution in [2.45, 2.75) is 13.8 Å². The van der Waals surface area contributed by atoms with E-state index in [2.05, 4.69) is 20.4 Å². The molecule has 136 valence electrons. The smallest absolute Gasteiger partial charge is 0.277 e. The number of pyridine rings is 1. The van der Waals surface area contributed by atoms with Gasteiger partial charge in [0.1, 0.15) is 17.3 Å². The van der Waals surface area contributed by atoms with Crippen LogP contribution in [0.2, 0.25) is 0 Å². The first-order valence-electron chi connectivity index (χ1n) is 8.51. The topological polar surface area (TPSA) is 109 Å². The van der Waals surface area contributed by atoms with Crippen LogP contribution in [0.1, 0.15) is 27.2 Å². The Labute approximate surface area is 160 Å². The lowest BCUT2D eigenvalue weighted by atomic mass is 10.1. The van der Waals surface area contributed by atoms with Gasteiger partial charge in [-0.1, -0.05) is 18.2 Å². The highest BCUT2D eigenvalue weighted by Crippen LogP contribution is 2.25. The number of para-hydroxylation sites is 1. The number of aromatic nitrogens is 5. The maximum atomic E-state index is 12.5. The highest BCUT2D eigenvalue weighted by Gasteiger charge is 2.18. The normalized spacial score (nSPS) is 10.6. The van der Waals surface area contributed by atoms with E-state index in [0.29, 0.717) is 5.82 Å². The van der Waals surface area contributed by atoms with Crippen molar-refractivity contribution in [2.24, 2.45) is 0 Å². The average molecular weight is 369 g/mol. The van der Waals surface area contributed by atoms with Crippen LogP contribution < -0.4 is 5.32 Å². The van der Waals surface area contributed by atoms with E-state index in [1.54, 1.807) is 0 Å². The first-order valence-corrected chi connectivity index (χ1v) is 8.51. The van der Waals surface area contributed by atoms with Gasteiger partial charge in [0.2, 0.25) is 0 Å². The molecule has 8 heteroatoms. The van der Waals surface area contributed by atoms with Gasteiger partial charge in [0.15, 0.2) is 11.6 Å². The van der Waals surface area contributed by atoms with Crippen LogP contribution in [0.4, 0.5) is 5.82 Å². The lowest BCUT2D eigenvalue weighted by Gasteiger charge is -2.12. The van der Waals surface area contributed by atoms with Gasteiger partial charge in [-0.2, -0.15) is 15.0 Å². The third-order valence-corrected chi connectivity index (χ3v) is 4.37. The number of carbonyl (C=O) groups is 1. The number of nitrogens with zero attached hydrogens (tertiary/aromatic N) is 6. The van der Waals surface area contributed by atoms with Gasteiger partial charge in [0.25, 0.3) is 5.91 Å². The third-order valence-electron chi connectivity index (χ3n) is 4.37. The van der Waals surface area contributed by atoms with E-state index >= 15 is 0 Å². The van der Waals surface area contributed by atoms with Gasteiger partial charge in [-0.15, -0.1) is 0 Å². The minimum absolute atomic E-state index is 0.137. The van der Waals surface area contributed by atoms with E-state index < -0.39 is 5.91 Å². The fourth-order valence-electron chi connectivity index (χ4n) is 2.96. The summed E-state index contributed by atoms with van der Waals surface area (Å²) in [6.45, 7) is 3.97. The summed E-state index contributed by atoms with van der Waals surface area (Å²) in [4.78, 5) is 25.1. The van der Waals surface area contributed by atoms with Crippen molar-refractivity contribution in [1.82, 2.24) is 24.7 Å². The Balaban J connectivity index is 1.83.